The molecule has 3 N–H and O–H groups in total. The molecule has 0 aliphatic carbocycles. The number of hydrogen-bond acceptors (Lipinski definition) is 9. The molecule has 0 spiro atoms. The lowest BCUT2D eigenvalue weighted by Gasteiger charge is -2.34. The Morgan fingerprint density at radius 3 is 2.04 bits per heavy atom. The number of nitrogens with one attached hydrogen (secondary N) is 1. The fourth-order valence-corrected chi connectivity index (χ4v) is 7.02. The maximum Gasteiger partial charge on any atom is 0.416 e. The number of carbonyl (C=O) groups is 3. The summed E-state index contributed by atoms with van der Waals surface area (Å²) in [4.78, 5) is 42.8. The zero-order chi connectivity index (χ0) is 39.2. The molecule has 5 rings (SSSR count). The molecule has 2 heterocycles. The second-order valence-electron chi connectivity index (χ2n) is 12.3. The molecule has 0 saturated carbocycles. The molecular formula is C36H34F6N4O6S2. The molecule has 10 nitrogen and oxygen atoms in total. The highest BCUT2D eigenvalue weighted by atomic mass is 32.2. The monoisotopic (exact) mass is 796 g/mol. The second-order valence-corrected chi connectivity index (χ2v) is 14.0. The number of anilines is 1. The molecule has 2 fully saturated rings. The van der Waals surface area contributed by atoms with Gasteiger partial charge >= 0.3 is 18.3 Å². The van der Waals surface area contributed by atoms with Crippen LogP contribution >= 0.6 is 24.0 Å². The smallest absolute Gasteiger partial charge is 0.416 e. The number of piperazine rings is 1. The molecule has 3 aromatic rings. The van der Waals surface area contributed by atoms with Crippen molar-refractivity contribution in [1.82, 2.24) is 14.7 Å². The summed E-state index contributed by atoms with van der Waals surface area (Å²) in [5, 5.41) is 20.9. The van der Waals surface area contributed by atoms with Gasteiger partial charge in [0.1, 0.15) is 16.7 Å². The highest BCUT2D eigenvalue weighted by Crippen LogP contribution is 2.40. The van der Waals surface area contributed by atoms with E-state index in [0.717, 1.165) is 37.9 Å². The molecule has 0 aromatic heterocycles. The number of nitrogens with zero attached hydrogens (tertiary/aromatic N) is 3. The minimum Gasteiger partial charge on any atom is -0.492 e. The van der Waals surface area contributed by atoms with Crippen LogP contribution in [0, 0.1) is 0 Å². The number of carboxylic acids is 1. The van der Waals surface area contributed by atoms with Gasteiger partial charge < -0.3 is 20.3 Å². The number of alkyl halides is 6. The maximum atomic E-state index is 13.7. The van der Waals surface area contributed by atoms with E-state index in [4.69, 9.17) is 22.1 Å². The highest BCUT2D eigenvalue weighted by Gasteiger charge is 2.37. The van der Waals surface area contributed by atoms with Crippen LogP contribution in [0.15, 0.2) is 65.6 Å². The van der Waals surface area contributed by atoms with Gasteiger partial charge in [-0.1, -0.05) is 30.0 Å². The number of aromatic carboxylic acids is 1. The largest absolute Gasteiger partial charge is 0.492 e. The molecular weight excluding hydrogens is 763 g/mol. The number of halogens is 6. The quantitative estimate of drug-likeness (QED) is 0.103. The number of β-amino-alcohol motifs (C(OH)–C–C–N with tert-alkyl or cyclic N) is 1. The number of thiocarbonyl (C=S) groups is 1. The second kappa shape index (κ2) is 17.3. The van der Waals surface area contributed by atoms with Crippen LogP contribution in [0.4, 0.5) is 32.0 Å². The van der Waals surface area contributed by atoms with Crippen LogP contribution in [0.2, 0.25) is 0 Å². The van der Waals surface area contributed by atoms with E-state index in [0.29, 0.717) is 30.9 Å². The molecule has 288 valence electrons. The molecule has 2 amide bonds. The molecule has 0 bridgehead atoms. The third-order valence-electron chi connectivity index (χ3n) is 8.62. The molecule has 54 heavy (non-hydrogen) atoms. The van der Waals surface area contributed by atoms with E-state index < -0.39 is 41.3 Å². The predicted octanol–water partition coefficient (Wildman–Crippen LogP) is 6.31. The van der Waals surface area contributed by atoms with E-state index in [2.05, 4.69) is 15.1 Å². The number of carbonyl (C=O) groups excluding carboxylic acids is 2. The van der Waals surface area contributed by atoms with Crippen LogP contribution in [0.5, 0.6) is 5.75 Å². The van der Waals surface area contributed by atoms with E-state index in [1.807, 2.05) is 0 Å². The molecule has 3 aromatic carbocycles. The fourth-order valence-electron chi connectivity index (χ4n) is 5.72. The number of rotatable bonds is 13. The average Bonchev–Trinajstić information content (AvgIpc) is 3.38. The van der Waals surface area contributed by atoms with Crippen LogP contribution < -0.4 is 10.1 Å². The zero-order valence-electron chi connectivity index (χ0n) is 28.4. The Morgan fingerprint density at radius 1 is 0.852 bits per heavy atom. The molecule has 0 radical (unpaired) electrons. The highest BCUT2D eigenvalue weighted by molar-refractivity contribution is 8.26. The Hall–Kier alpha value is -4.49. The van der Waals surface area contributed by atoms with Crippen molar-refractivity contribution >= 4 is 57.8 Å². The van der Waals surface area contributed by atoms with Gasteiger partial charge in [0.2, 0.25) is 5.91 Å². The number of thioether (sulfide) groups is 1. The van der Waals surface area contributed by atoms with Crippen molar-refractivity contribution in [2.45, 2.75) is 18.8 Å². The maximum absolute atomic E-state index is 13.7. The molecule has 0 unspecified atom stereocenters. The van der Waals surface area contributed by atoms with Crippen molar-refractivity contribution in [3.05, 3.63) is 87.8 Å². The fraction of sp³-hybridized carbons (Fsp3) is 0.333. The van der Waals surface area contributed by atoms with E-state index in [9.17, 15) is 45.8 Å². The Balaban J connectivity index is 1.37. The topological polar surface area (TPSA) is 123 Å². The van der Waals surface area contributed by atoms with Crippen LogP contribution in [0.3, 0.4) is 0 Å². The summed E-state index contributed by atoms with van der Waals surface area (Å²) in [5.41, 5.74) is -2.72. The van der Waals surface area contributed by atoms with Gasteiger partial charge in [-0.2, -0.15) is 26.3 Å². The third kappa shape index (κ3) is 10.6. The van der Waals surface area contributed by atoms with Crippen molar-refractivity contribution in [3.63, 3.8) is 0 Å². The van der Waals surface area contributed by atoms with Gasteiger partial charge in [0.25, 0.3) is 5.91 Å². The first kappa shape index (κ1) is 40.7. The summed E-state index contributed by atoms with van der Waals surface area (Å²) in [6.45, 7) is 4.15. The molecule has 2 aliphatic heterocycles. The molecule has 18 heteroatoms. The minimum atomic E-state index is -5.05. The molecule has 2 aliphatic rings. The first-order chi connectivity index (χ1) is 25.5. The van der Waals surface area contributed by atoms with Gasteiger partial charge in [-0.25, -0.2) is 4.79 Å². The minimum absolute atomic E-state index is 0.00809. The van der Waals surface area contributed by atoms with E-state index >= 15 is 0 Å². The van der Waals surface area contributed by atoms with Crippen LogP contribution in [0.1, 0.15) is 33.5 Å². The molecule has 2 saturated heterocycles. The van der Waals surface area contributed by atoms with Gasteiger partial charge in [-0.3, -0.25) is 24.3 Å². The van der Waals surface area contributed by atoms with Gasteiger partial charge in [0, 0.05) is 63.5 Å². The van der Waals surface area contributed by atoms with Crippen LogP contribution in [-0.4, -0.2) is 106 Å². The third-order valence-corrected chi connectivity index (χ3v) is 9.99. The van der Waals surface area contributed by atoms with Crippen molar-refractivity contribution in [1.29, 1.82) is 0 Å². The summed E-state index contributed by atoms with van der Waals surface area (Å²) >= 11 is 6.31. The van der Waals surface area contributed by atoms with Gasteiger partial charge in [0.05, 0.1) is 28.2 Å². The van der Waals surface area contributed by atoms with Crippen molar-refractivity contribution in [2.75, 3.05) is 64.3 Å². The first-order valence-electron chi connectivity index (χ1n) is 16.5. The summed E-state index contributed by atoms with van der Waals surface area (Å²) in [6.07, 6.45) is -8.88. The zero-order valence-corrected chi connectivity index (χ0v) is 30.0. The molecule has 0 atom stereocenters. The number of ether oxygens (including phenoxy) is 1. The Bertz CT molecular complexity index is 1880. The number of aliphatic hydroxyl groups excluding tert-OH is 1. The summed E-state index contributed by atoms with van der Waals surface area (Å²) < 4.78 is 88.3. The van der Waals surface area contributed by atoms with Gasteiger partial charge in [0.15, 0.2) is 0 Å². The number of aliphatic hydroxyl groups is 1. The first-order valence-corrected chi connectivity index (χ1v) is 17.7. The lowest BCUT2D eigenvalue weighted by atomic mass is 9.97. The lowest BCUT2D eigenvalue weighted by Crippen LogP contribution is -2.48. The van der Waals surface area contributed by atoms with Crippen molar-refractivity contribution < 1.29 is 55.7 Å². The summed E-state index contributed by atoms with van der Waals surface area (Å²) in [5.74, 6) is -1.96. The summed E-state index contributed by atoms with van der Waals surface area (Å²) in [7, 11) is 0. The van der Waals surface area contributed by atoms with Crippen LogP contribution in [-0.2, 0) is 21.9 Å². The van der Waals surface area contributed by atoms with E-state index in [-0.39, 0.29) is 69.5 Å². The Labute approximate surface area is 315 Å². The average molecular weight is 797 g/mol. The van der Waals surface area contributed by atoms with Crippen LogP contribution in [0.25, 0.3) is 17.2 Å². The number of amides is 2. The van der Waals surface area contributed by atoms with Gasteiger partial charge in [-0.05, 0) is 71.8 Å². The Kier molecular flexibility index (Phi) is 13.1. The van der Waals surface area contributed by atoms with E-state index in [1.54, 1.807) is 0 Å². The Morgan fingerprint density at radius 2 is 1.46 bits per heavy atom. The van der Waals surface area contributed by atoms with Gasteiger partial charge in [-0.15, -0.1) is 0 Å². The number of benzene rings is 3. The number of hydrogen-bond donors (Lipinski definition) is 3. The van der Waals surface area contributed by atoms with Crippen molar-refractivity contribution in [3.8, 4) is 16.9 Å². The SMILES string of the molecule is O=C(CCN1C(=O)C(=Cc2cc(-c3cc(C(F)(F)F)cc(C(F)(F)F)c3)ccc2OCCN2CCN(CCO)CC2)SC1=S)Nc1ccc(C(=O)O)cc1. The summed E-state index contributed by atoms with van der Waals surface area (Å²) in [6, 6.07) is 10.9. The lowest BCUT2D eigenvalue weighted by molar-refractivity contribution is -0.143. The number of carboxylic acid groups (broad SMARTS) is 1. The van der Waals surface area contributed by atoms with E-state index in [1.165, 1.54) is 53.4 Å². The normalized spacial score (nSPS) is 16.6. The van der Waals surface area contributed by atoms with Crippen molar-refractivity contribution in [2.24, 2.45) is 0 Å². The predicted molar refractivity (Wildman–Crippen MR) is 194 cm³/mol. The standard InChI is InChI=1S/C36H34F6N4O6S2/c37-35(38,39)26-18-24(19-27(21-26)36(40,41)42)23-3-6-29(52-16-14-45-11-9-44(10-12-45)13-15-47)25(17-23)20-30-32(49)46(34(53)54-30)8-7-31(48)43-28-4-1-22(2-5-28)33(50)51/h1-6,17-21,47H,7-16H2,(H,43,48)(H,50,51).